The van der Waals surface area contributed by atoms with Gasteiger partial charge in [0.25, 0.3) is 0 Å². The zero-order valence-electron chi connectivity index (χ0n) is 14.8. The van der Waals surface area contributed by atoms with Crippen LogP contribution in [0, 0.1) is 11.6 Å². The van der Waals surface area contributed by atoms with Crippen LogP contribution < -0.4 is 16.0 Å². The molecule has 1 amide bonds. The molecular weight excluding hydrogens is 354 g/mol. The Morgan fingerprint density at radius 2 is 1.85 bits per heavy atom. The van der Waals surface area contributed by atoms with Crippen molar-refractivity contribution in [3.8, 4) is 0 Å². The second kappa shape index (κ2) is 8.22. The number of hydrogen-bond acceptors (Lipinski definition) is 4. The molecule has 3 rings (SSSR count). The first kappa shape index (κ1) is 18.9. The number of hydrogen-bond donors (Lipinski definition) is 3. The summed E-state index contributed by atoms with van der Waals surface area (Å²) in [4.78, 5) is 14.6. The maximum atomic E-state index is 13.4. The smallest absolute Gasteiger partial charge is 0.407 e. The summed E-state index contributed by atoms with van der Waals surface area (Å²) >= 11 is 0. The number of rotatable bonds is 5. The van der Waals surface area contributed by atoms with E-state index >= 15 is 0 Å². The number of halogens is 2. The second-order valence-electron chi connectivity index (χ2n) is 6.37. The van der Waals surface area contributed by atoms with E-state index < -0.39 is 17.7 Å². The number of nitrogens with one attached hydrogen (secondary N) is 1. The minimum atomic E-state index is -0.907. The first-order valence-electron chi connectivity index (χ1n) is 8.72. The van der Waals surface area contributed by atoms with Gasteiger partial charge in [0.05, 0.1) is 0 Å². The van der Waals surface area contributed by atoms with E-state index in [0.29, 0.717) is 44.8 Å². The summed E-state index contributed by atoms with van der Waals surface area (Å²) in [6.45, 7) is 2.69. The Morgan fingerprint density at radius 1 is 1.11 bits per heavy atom. The highest BCUT2D eigenvalue weighted by Gasteiger charge is 2.22. The highest BCUT2D eigenvalue weighted by Crippen LogP contribution is 2.29. The number of nitrogens with zero attached hydrogens (tertiary/aromatic N) is 2. The lowest BCUT2D eigenvalue weighted by molar-refractivity contribution is 0.142. The number of carbonyl (C=O) groups is 1. The van der Waals surface area contributed by atoms with Crippen LogP contribution in [0.5, 0.6) is 0 Å². The highest BCUT2D eigenvalue weighted by molar-refractivity contribution is 5.68. The van der Waals surface area contributed by atoms with Gasteiger partial charge in [-0.25, -0.2) is 13.6 Å². The molecule has 2 aromatic rings. The average molecular weight is 376 g/mol. The van der Waals surface area contributed by atoms with E-state index in [9.17, 15) is 13.6 Å². The first-order chi connectivity index (χ1) is 13.0. The van der Waals surface area contributed by atoms with Gasteiger partial charge in [-0.1, -0.05) is 12.1 Å². The lowest BCUT2D eigenvalue weighted by Crippen LogP contribution is -2.48. The fourth-order valence-corrected chi connectivity index (χ4v) is 3.24. The maximum absolute atomic E-state index is 13.4. The molecule has 1 heterocycles. The lowest BCUT2D eigenvalue weighted by Gasteiger charge is -2.36. The Bertz CT molecular complexity index is 823. The fourth-order valence-electron chi connectivity index (χ4n) is 3.24. The van der Waals surface area contributed by atoms with Gasteiger partial charge in [0.1, 0.15) is 0 Å². The Morgan fingerprint density at radius 3 is 2.48 bits per heavy atom. The van der Waals surface area contributed by atoms with E-state index in [1.807, 2.05) is 18.2 Å². The van der Waals surface area contributed by atoms with E-state index in [1.165, 1.54) is 17.0 Å². The number of anilines is 2. The summed E-state index contributed by atoms with van der Waals surface area (Å²) in [5, 5.41) is 12.3. The van der Waals surface area contributed by atoms with E-state index in [1.54, 1.807) is 0 Å². The summed E-state index contributed by atoms with van der Waals surface area (Å²) in [5.74, 6) is -1.75. The fraction of sp³-hybridized carbons (Fsp3) is 0.316. The van der Waals surface area contributed by atoms with Gasteiger partial charge in [-0.3, -0.25) is 0 Å². The molecule has 0 aliphatic carbocycles. The van der Waals surface area contributed by atoms with E-state index in [2.05, 4.69) is 10.2 Å². The van der Waals surface area contributed by atoms with Crippen molar-refractivity contribution in [2.24, 2.45) is 5.73 Å². The Hall–Kier alpha value is -2.87. The monoisotopic (exact) mass is 376 g/mol. The molecule has 0 atom stereocenters. The number of carboxylic acid groups (broad SMARTS) is 1. The van der Waals surface area contributed by atoms with E-state index in [0.717, 1.165) is 23.0 Å². The Labute approximate surface area is 156 Å². The van der Waals surface area contributed by atoms with Crippen LogP contribution in [0.25, 0.3) is 0 Å². The van der Waals surface area contributed by atoms with Crippen LogP contribution in [0.15, 0.2) is 36.4 Å². The highest BCUT2D eigenvalue weighted by atomic mass is 19.2. The summed E-state index contributed by atoms with van der Waals surface area (Å²) in [5.41, 5.74) is 9.27. The van der Waals surface area contributed by atoms with Gasteiger partial charge < -0.3 is 26.0 Å². The van der Waals surface area contributed by atoms with Gasteiger partial charge in [0.2, 0.25) is 0 Å². The molecule has 0 unspecified atom stereocenters. The molecule has 1 aliphatic heterocycles. The number of benzene rings is 2. The molecule has 0 aromatic heterocycles. The van der Waals surface area contributed by atoms with Gasteiger partial charge in [-0.15, -0.1) is 0 Å². The quantitative estimate of drug-likeness (QED) is 0.748. The van der Waals surface area contributed by atoms with Crippen LogP contribution in [-0.4, -0.2) is 42.3 Å². The topological polar surface area (TPSA) is 81.8 Å². The van der Waals surface area contributed by atoms with Crippen LogP contribution in [0.2, 0.25) is 0 Å². The third kappa shape index (κ3) is 4.28. The molecule has 0 spiro atoms. The lowest BCUT2D eigenvalue weighted by atomic mass is 10.1. The molecule has 4 N–H and O–H groups in total. The van der Waals surface area contributed by atoms with E-state index in [-0.39, 0.29) is 0 Å². The van der Waals surface area contributed by atoms with Crippen molar-refractivity contribution < 1.29 is 18.7 Å². The van der Waals surface area contributed by atoms with Crippen LogP contribution in [0.1, 0.15) is 11.1 Å². The Kier molecular flexibility index (Phi) is 5.75. The normalized spacial score (nSPS) is 14.3. The largest absolute Gasteiger partial charge is 0.465 e. The van der Waals surface area contributed by atoms with Gasteiger partial charge in [0, 0.05) is 56.2 Å². The molecule has 0 bridgehead atoms. The zero-order chi connectivity index (χ0) is 19.4. The molecule has 1 saturated heterocycles. The number of amides is 1. The summed E-state index contributed by atoms with van der Waals surface area (Å²) in [6, 6.07) is 9.54. The molecule has 6 nitrogen and oxygen atoms in total. The summed E-state index contributed by atoms with van der Waals surface area (Å²) in [6.07, 6.45) is -0.907. The second-order valence-corrected chi connectivity index (χ2v) is 6.37. The molecule has 0 radical (unpaired) electrons. The van der Waals surface area contributed by atoms with Gasteiger partial charge in [0.15, 0.2) is 11.6 Å². The number of piperazine rings is 1. The molecule has 8 heteroatoms. The van der Waals surface area contributed by atoms with Crippen LogP contribution >= 0.6 is 0 Å². The standard InChI is InChI=1S/C19H22F2N4O2/c20-15-5-4-13(10-16(15)21)12-23-17-2-1-3-18(14(17)11-22)24-6-8-25(9-7-24)19(26)27/h1-5,10,23H,6-9,11-12,22H2,(H,26,27). The van der Waals surface area contributed by atoms with Crippen molar-refractivity contribution >= 4 is 17.5 Å². The molecule has 27 heavy (non-hydrogen) atoms. The average Bonchev–Trinajstić information content (AvgIpc) is 2.68. The van der Waals surface area contributed by atoms with Crippen molar-refractivity contribution in [1.29, 1.82) is 0 Å². The molecule has 1 aliphatic rings. The summed E-state index contributed by atoms with van der Waals surface area (Å²) in [7, 11) is 0. The van der Waals surface area contributed by atoms with Crippen LogP contribution in [0.3, 0.4) is 0 Å². The van der Waals surface area contributed by atoms with Crippen molar-refractivity contribution in [2.45, 2.75) is 13.1 Å². The van der Waals surface area contributed by atoms with Crippen molar-refractivity contribution in [2.75, 3.05) is 36.4 Å². The minimum absolute atomic E-state index is 0.301. The van der Waals surface area contributed by atoms with Crippen molar-refractivity contribution in [3.63, 3.8) is 0 Å². The zero-order valence-corrected chi connectivity index (χ0v) is 14.8. The molecule has 144 valence electrons. The van der Waals surface area contributed by atoms with Gasteiger partial charge in [-0.05, 0) is 29.8 Å². The molecule has 1 fully saturated rings. The molecule has 0 saturated carbocycles. The molecular formula is C19H22F2N4O2. The van der Waals surface area contributed by atoms with Crippen LogP contribution in [-0.2, 0) is 13.1 Å². The predicted molar refractivity (Wildman–Crippen MR) is 99.8 cm³/mol. The molecule has 2 aromatic carbocycles. The van der Waals surface area contributed by atoms with Gasteiger partial charge >= 0.3 is 6.09 Å². The third-order valence-electron chi connectivity index (χ3n) is 4.71. The summed E-state index contributed by atoms with van der Waals surface area (Å²) < 4.78 is 26.4. The van der Waals surface area contributed by atoms with E-state index in [4.69, 9.17) is 10.8 Å². The van der Waals surface area contributed by atoms with Gasteiger partial charge in [-0.2, -0.15) is 0 Å². The predicted octanol–water partition coefficient (Wildman–Crippen LogP) is 2.84. The SMILES string of the molecule is NCc1c(NCc2ccc(F)c(F)c2)cccc1N1CCN(C(=O)O)CC1. The Balaban J connectivity index is 1.74. The van der Waals surface area contributed by atoms with Crippen molar-refractivity contribution in [1.82, 2.24) is 4.90 Å². The van der Waals surface area contributed by atoms with Crippen LogP contribution in [0.4, 0.5) is 25.0 Å². The third-order valence-corrected chi connectivity index (χ3v) is 4.71. The van der Waals surface area contributed by atoms with Crippen molar-refractivity contribution in [3.05, 3.63) is 59.2 Å². The first-order valence-corrected chi connectivity index (χ1v) is 8.72. The maximum Gasteiger partial charge on any atom is 0.407 e. The minimum Gasteiger partial charge on any atom is -0.465 e. The number of nitrogens with two attached hydrogens (primary N) is 1.